The molecule has 0 spiro atoms. The Bertz CT molecular complexity index is 976. The van der Waals surface area contributed by atoms with Crippen molar-refractivity contribution in [3.63, 3.8) is 0 Å². The van der Waals surface area contributed by atoms with E-state index in [2.05, 4.69) is 9.97 Å². The number of carboxylic acid groups (broad SMARTS) is 1. The van der Waals surface area contributed by atoms with Crippen LogP contribution in [0.2, 0.25) is 0 Å². The second-order valence-corrected chi connectivity index (χ2v) is 7.69. The van der Waals surface area contributed by atoms with Crippen LogP contribution in [0.1, 0.15) is 16.8 Å². The van der Waals surface area contributed by atoms with Gasteiger partial charge in [0.1, 0.15) is 11.3 Å². The normalized spacial score (nSPS) is 21.3. The van der Waals surface area contributed by atoms with E-state index in [4.69, 9.17) is 24.1 Å². The Morgan fingerprint density at radius 1 is 1.24 bits per heavy atom. The first-order valence-electron chi connectivity index (χ1n) is 10.4. The number of halogens is 3. The fraction of sp³-hybridized carbons (Fsp3) is 0.455. The first kappa shape index (κ1) is 25.2. The maximum atomic E-state index is 12.9. The van der Waals surface area contributed by atoms with E-state index in [9.17, 15) is 18.0 Å². The number of likely N-dealkylation sites (tertiary alicyclic amines) is 1. The summed E-state index contributed by atoms with van der Waals surface area (Å²) in [4.78, 5) is 31.8. The van der Waals surface area contributed by atoms with Crippen molar-refractivity contribution in [2.45, 2.75) is 18.7 Å². The number of aliphatic carboxylic acids is 1. The third-order valence-corrected chi connectivity index (χ3v) is 5.56. The number of carbonyl (C=O) groups excluding carboxylic acids is 1. The SMILES string of the molecule is COc1ncccc1C(=O)N1C[C@H]2[C@@H](CCOc3cccnc3)CO[C@H]2C1.O=C(O)C(F)(F)F. The number of aromatic nitrogens is 2. The van der Waals surface area contributed by atoms with Gasteiger partial charge in [0.05, 0.1) is 32.6 Å². The van der Waals surface area contributed by atoms with E-state index in [1.165, 1.54) is 7.11 Å². The Kier molecular flexibility index (Phi) is 8.26. The van der Waals surface area contributed by atoms with Crippen molar-refractivity contribution in [1.82, 2.24) is 14.9 Å². The van der Waals surface area contributed by atoms with E-state index in [-0.39, 0.29) is 12.0 Å². The smallest absolute Gasteiger partial charge is 0.490 e. The van der Waals surface area contributed by atoms with Gasteiger partial charge in [-0.3, -0.25) is 9.78 Å². The maximum absolute atomic E-state index is 12.9. The van der Waals surface area contributed by atoms with Gasteiger partial charge < -0.3 is 24.2 Å². The van der Waals surface area contributed by atoms with E-state index in [1.54, 1.807) is 30.7 Å². The molecule has 0 aromatic carbocycles. The van der Waals surface area contributed by atoms with Gasteiger partial charge >= 0.3 is 12.1 Å². The first-order chi connectivity index (χ1) is 16.2. The van der Waals surface area contributed by atoms with Crippen LogP contribution in [0.3, 0.4) is 0 Å². The highest BCUT2D eigenvalue weighted by molar-refractivity contribution is 5.96. The van der Waals surface area contributed by atoms with Crippen LogP contribution >= 0.6 is 0 Å². The molecule has 0 unspecified atom stereocenters. The predicted molar refractivity (Wildman–Crippen MR) is 111 cm³/mol. The van der Waals surface area contributed by atoms with Gasteiger partial charge in [-0.1, -0.05) is 0 Å². The molecule has 0 radical (unpaired) electrons. The standard InChI is InChI=1S/C20H23N3O4.C2HF3O2/c1-25-19-16(5-3-8-22-19)20(24)23-11-17-14(13-27-18(17)12-23)6-9-26-15-4-2-7-21-10-15;3-2(4,5)1(6)7/h2-5,7-8,10,14,17-18H,6,9,11-13H2,1H3;(H,6,7)/t14-,17-,18-;/m0./s1. The van der Waals surface area contributed by atoms with Crippen LogP contribution in [0.25, 0.3) is 0 Å². The van der Waals surface area contributed by atoms with Crippen LogP contribution in [0.5, 0.6) is 11.6 Å². The van der Waals surface area contributed by atoms with Crippen LogP contribution < -0.4 is 9.47 Å². The molecule has 4 rings (SSSR count). The van der Waals surface area contributed by atoms with Crippen molar-refractivity contribution in [3.8, 4) is 11.6 Å². The molecule has 2 saturated heterocycles. The molecule has 2 aliphatic rings. The predicted octanol–water partition coefficient (Wildman–Crippen LogP) is 2.67. The molecule has 0 bridgehead atoms. The van der Waals surface area contributed by atoms with E-state index in [0.29, 0.717) is 43.0 Å². The zero-order chi connectivity index (χ0) is 24.7. The number of carboxylic acids is 1. The molecule has 12 heteroatoms. The Morgan fingerprint density at radius 3 is 2.62 bits per heavy atom. The second kappa shape index (κ2) is 11.1. The molecule has 34 heavy (non-hydrogen) atoms. The number of hydrogen-bond donors (Lipinski definition) is 1. The van der Waals surface area contributed by atoms with Crippen LogP contribution in [0.4, 0.5) is 13.2 Å². The molecule has 184 valence electrons. The first-order valence-corrected chi connectivity index (χ1v) is 10.4. The third-order valence-electron chi connectivity index (χ3n) is 5.56. The average Bonchev–Trinajstić information content (AvgIpc) is 3.41. The largest absolute Gasteiger partial charge is 0.492 e. The van der Waals surface area contributed by atoms with Gasteiger partial charge in [-0.25, -0.2) is 9.78 Å². The summed E-state index contributed by atoms with van der Waals surface area (Å²) in [5.74, 6) is -0.938. The Hall–Kier alpha value is -3.41. The second-order valence-electron chi connectivity index (χ2n) is 7.69. The quantitative estimate of drug-likeness (QED) is 0.668. The molecule has 2 aliphatic heterocycles. The van der Waals surface area contributed by atoms with Crippen molar-refractivity contribution in [2.75, 3.05) is 33.4 Å². The topological polar surface area (TPSA) is 111 Å². The molecule has 1 N–H and O–H groups in total. The molecule has 0 aliphatic carbocycles. The third kappa shape index (κ3) is 6.34. The van der Waals surface area contributed by atoms with Crippen LogP contribution in [0, 0.1) is 11.8 Å². The highest BCUT2D eigenvalue weighted by Crippen LogP contribution is 2.36. The van der Waals surface area contributed by atoms with Crippen molar-refractivity contribution >= 4 is 11.9 Å². The molecule has 2 fully saturated rings. The lowest BCUT2D eigenvalue weighted by Gasteiger charge is -2.20. The summed E-state index contributed by atoms with van der Waals surface area (Å²) in [6, 6.07) is 7.26. The van der Waals surface area contributed by atoms with Crippen LogP contribution in [0.15, 0.2) is 42.9 Å². The highest BCUT2D eigenvalue weighted by atomic mass is 19.4. The lowest BCUT2D eigenvalue weighted by atomic mass is 9.91. The van der Waals surface area contributed by atoms with Crippen LogP contribution in [-0.2, 0) is 9.53 Å². The number of carbonyl (C=O) groups is 2. The molecule has 9 nitrogen and oxygen atoms in total. The number of alkyl halides is 3. The van der Waals surface area contributed by atoms with Gasteiger partial charge in [-0.05, 0) is 36.6 Å². The lowest BCUT2D eigenvalue weighted by Crippen LogP contribution is -2.31. The number of ether oxygens (including phenoxy) is 3. The minimum Gasteiger partial charge on any atom is -0.492 e. The van der Waals surface area contributed by atoms with E-state index < -0.39 is 12.1 Å². The molecule has 2 aromatic heterocycles. The van der Waals surface area contributed by atoms with Crippen LogP contribution in [-0.4, -0.2) is 77.5 Å². The Morgan fingerprint density at radius 2 is 1.97 bits per heavy atom. The molecule has 0 saturated carbocycles. The van der Waals surface area contributed by atoms with Gasteiger partial charge in [0.25, 0.3) is 5.91 Å². The summed E-state index contributed by atoms with van der Waals surface area (Å²) in [6.07, 6.45) is 0.971. The molecule has 1 amide bonds. The number of fused-ring (bicyclic) bond motifs is 1. The van der Waals surface area contributed by atoms with Gasteiger partial charge in [-0.15, -0.1) is 0 Å². The highest BCUT2D eigenvalue weighted by Gasteiger charge is 2.45. The number of methoxy groups -OCH3 is 1. The average molecular weight is 483 g/mol. The molecular formula is C22H24F3N3O6. The van der Waals surface area contributed by atoms with Crippen molar-refractivity contribution < 1.29 is 42.1 Å². The van der Waals surface area contributed by atoms with E-state index in [0.717, 1.165) is 18.8 Å². The number of pyridine rings is 2. The monoisotopic (exact) mass is 483 g/mol. The van der Waals surface area contributed by atoms with Crippen molar-refractivity contribution in [2.24, 2.45) is 11.8 Å². The molecule has 2 aromatic rings. The summed E-state index contributed by atoms with van der Waals surface area (Å²) in [5, 5.41) is 7.12. The number of hydrogen-bond acceptors (Lipinski definition) is 7. The lowest BCUT2D eigenvalue weighted by molar-refractivity contribution is -0.192. The van der Waals surface area contributed by atoms with E-state index >= 15 is 0 Å². The van der Waals surface area contributed by atoms with Gasteiger partial charge in [0.15, 0.2) is 0 Å². The summed E-state index contributed by atoms with van der Waals surface area (Å²) in [6.45, 7) is 2.65. The Balaban J connectivity index is 0.000000406. The zero-order valence-electron chi connectivity index (χ0n) is 18.3. The minimum atomic E-state index is -5.08. The van der Waals surface area contributed by atoms with Gasteiger partial charge in [-0.2, -0.15) is 13.2 Å². The summed E-state index contributed by atoms with van der Waals surface area (Å²) in [5.41, 5.74) is 0.497. The van der Waals surface area contributed by atoms with Crippen molar-refractivity contribution in [3.05, 3.63) is 48.4 Å². The van der Waals surface area contributed by atoms with E-state index in [1.807, 2.05) is 17.0 Å². The zero-order valence-corrected chi connectivity index (χ0v) is 18.3. The minimum absolute atomic E-state index is 0.0525. The fourth-order valence-corrected chi connectivity index (χ4v) is 3.91. The summed E-state index contributed by atoms with van der Waals surface area (Å²) >= 11 is 0. The van der Waals surface area contributed by atoms with Gasteiger partial charge in [0, 0.05) is 31.4 Å². The molecule has 4 heterocycles. The maximum Gasteiger partial charge on any atom is 0.490 e. The molecule has 3 atom stereocenters. The number of nitrogens with zero attached hydrogens (tertiary/aromatic N) is 3. The summed E-state index contributed by atoms with van der Waals surface area (Å²) < 4.78 is 48.7. The number of rotatable bonds is 6. The van der Waals surface area contributed by atoms with Gasteiger partial charge in [0.2, 0.25) is 5.88 Å². The summed E-state index contributed by atoms with van der Waals surface area (Å²) in [7, 11) is 1.53. The molecular weight excluding hydrogens is 459 g/mol. The van der Waals surface area contributed by atoms with Crippen molar-refractivity contribution in [1.29, 1.82) is 0 Å². The fourth-order valence-electron chi connectivity index (χ4n) is 3.91. The number of amides is 1. The Labute approximate surface area is 193 Å².